The lowest BCUT2D eigenvalue weighted by molar-refractivity contribution is -0.116. The number of aromatic nitrogens is 2. The number of rotatable bonds is 7. The van der Waals surface area contributed by atoms with Gasteiger partial charge in [-0.2, -0.15) is 5.10 Å². The van der Waals surface area contributed by atoms with Crippen molar-refractivity contribution in [2.75, 3.05) is 6.54 Å². The Kier molecular flexibility index (Phi) is 6.36. The van der Waals surface area contributed by atoms with Crippen LogP contribution in [0.25, 0.3) is 6.08 Å². The highest BCUT2D eigenvalue weighted by Crippen LogP contribution is 2.21. The van der Waals surface area contributed by atoms with Crippen molar-refractivity contribution in [3.05, 3.63) is 35.1 Å². The van der Waals surface area contributed by atoms with Gasteiger partial charge in [-0.25, -0.2) is 0 Å². The number of hydrogen-bond donors (Lipinski definition) is 1. The monoisotopic (exact) mass is 281 g/mol. The summed E-state index contributed by atoms with van der Waals surface area (Å²) in [7, 11) is 0. The number of carbonyl (C=O) groups excluding carboxylic acids is 1. The molecule has 19 heavy (non-hydrogen) atoms. The lowest BCUT2D eigenvalue weighted by Gasteiger charge is -2.00. The molecule has 1 aromatic heterocycles. The maximum absolute atomic E-state index is 11.5. The van der Waals surface area contributed by atoms with Crippen molar-refractivity contribution in [2.45, 2.75) is 33.2 Å². The summed E-state index contributed by atoms with van der Waals surface area (Å²) in [5.74, 6) is -0.170. The number of amides is 1. The van der Waals surface area contributed by atoms with Crippen LogP contribution in [-0.2, 0) is 11.3 Å². The van der Waals surface area contributed by atoms with Crippen LogP contribution in [0.3, 0.4) is 0 Å². The van der Waals surface area contributed by atoms with E-state index >= 15 is 0 Å². The SMILES string of the molecule is C=CCNC(=O)C=Cc1c(C)nn(CCCC)c1Cl. The fourth-order valence-corrected chi connectivity index (χ4v) is 1.93. The van der Waals surface area contributed by atoms with Gasteiger partial charge in [-0.15, -0.1) is 6.58 Å². The minimum atomic E-state index is -0.170. The van der Waals surface area contributed by atoms with E-state index in [-0.39, 0.29) is 5.91 Å². The molecule has 5 heteroatoms. The third-order valence-electron chi connectivity index (χ3n) is 2.65. The first kappa shape index (κ1) is 15.5. The molecular weight excluding hydrogens is 262 g/mol. The standard InChI is InChI=1S/C14H20ClN3O/c1-4-6-10-18-14(15)12(11(3)17-18)7-8-13(19)16-9-5-2/h5,7-8H,2,4,6,9-10H2,1,3H3,(H,16,19). The van der Waals surface area contributed by atoms with E-state index < -0.39 is 0 Å². The molecule has 0 unspecified atom stereocenters. The molecule has 0 saturated heterocycles. The van der Waals surface area contributed by atoms with E-state index in [1.165, 1.54) is 6.08 Å². The Morgan fingerprint density at radius 1 is 1.58 bits per heavy atom. The maximum Gasteiger partial charge on any atom is 0.244 e. The second-order valence-electron chi connectivity index (χ2n) is 4.23. The predicted octanol–water partition coefficient (Wildman–Crippen LogP) is 2.96. The van der Waals surface area contributed by atoms with Gasteiger partial charge in [-0.05, 0) is 19.4 Å². The van der Waals surface area contributed by atoms with Gasteiger partial charge in [0.15, 0.2) is 0 Å². The number of unbranched alkanes of at least 4 members (excludes halogenated alkanes) is 1. The van der Waals surface area contributed by atoms with Crippen molar-refractivity contribution in [2.24, 2.45) is 0 Å². The highest BCUT2D eigenvalue weighted by atomic mass is 35.5. The molecule has 0 atom stereocenters. The Morgan fingerprint density at radius 2 is 2.32 bits per heavy atom. The Balaban J connectivity index is 2.77. The number of hydrogen-bond acceptors (Lipinski definition) is 2. The average molecular weight is 282 g/mol. The Labute approximate surface area is 119 Å². The molecule has 0 aliphatic rings. The second-order valence-corrected chi connectivity index (χ2v) is 4.59. The van der Waals surface area contributed by atoms with Gasteiger partial charge in [0.2, 0.25) is 5.91 Å². The van der Waals surface area contributed by atoms with E-state index in [9.17, 15) is 4.79 Å². The van der Waals surface area contributed by atoms with E-state index in [4.69, 9.17) is 11.6 Å². The van der Waals surface area contributed by atoms with Crippen LogP contribution in [0.2, 0.25) is 5.15 Å². The summed E-state index contributed by atoms with van der Waals surface area (Å²) in [5.41, 5.74) is 1.63. The van der Waals surface area contributed by atoms with Crippen molar-refractivity contribution in [1.82, 2.24) is 15.1 Å². The van der Waals surface area contributed by atoms with E-state index in [0.717, 1.165) is 30.6 Å². The summed E-state index contributed by atoms with van der Waals surface area (Å²) in [6, 6.07) is 0. The first-order chi connectivity index (χ1) is 9.10. The number of nitrogens with zero attached hydrogens (tertiary/aromatic N) is 2. The number of nitrogens with one attached hydrogen (secondary N) is 1. The smallest absolute Gasteiger partial charge is 0.244 e. The highest BCUT2D eigenvalue weighted by molar-refractivity contribution is 6.31. The molecule has 1 N–H and O–H groups in total. The van der Waals surface area contributed by atoms with Crippen LogP contribution in [-0.4, -0.2) is 22.2 Å². The predicted molar refractivity (Wildman–Crippen MR) is 79.1 cm³/mol. The first-order valence-corrected chi connectivity index (χ1v) is 6.77. The summed E-state index contributed by atoms with van der Waals surface area (Å²) in [6.45, 7) is 8.79. The van der Waals surface area contributed by atoms with Crippen LogP contribution in [0.5, 0.6) is 0 Å². The van der Waals surface area contributed by atoms with Crippen LogP contribution in [0, 0.1) is 6.92 Å². The summed E-state index contributed by atoms with van der Waals surface area (Å²) in [4.78, 5) is 11.5. The van der Waals surface area contributed by atoms with Crippen LogP contribution < -0.4 is 5.32 Å². The Hall–Kier alpha value is -1.55. The van der Waals surface area contributed by atoms with E-state index in [2.05, 4.69) is 23.9 Å². The van der Waals surface area contributed by atoms with Gasteiger partial charge >= 0.3 is 0 Å². The van der Waals surface area contributed by atoms with Crippen molar-refractivity contribution >= 4 is 23.6 Å². The molecule has 0 radical (unpaired) electrons. The molecule has 0 fully saturated rings. The third kappa shape index (κ3) is 4.56. The normalized spacial score (nSPS) is 10.9. The zero-order valence-electron chi connectivity index (χ0n) is 11.4. The van der Waals surface area contributed by atoms with Crippen LogP contribution in [0.1, 0.15) is 31.0 Å². The summed E-state index contributed by atoms with van der Waals surface area (Å²) in [6.07, 6.45) is 6.91. The fraction of sp³-hybridized carbons (Fsp3) is 0.429. The second kappa shape index (κ2) is 7.79. The lowest BCUT2D eigenvalue weighted by Crippen LogP contribution is -2.20. The van der Waals surface area contributed by atoms with Gasteiger partial charge < -0.3 is 5.32 Å². The fourth-order valence-electron chi connectivity index (χ4n) is 1.60. The van der Waals surface area contributed by atoms with E-state index in [1.54, 1.807) is 16.8 Å². The molecule has 1 rings (SSSR count). The summed E-state index contributed by atoms with van der Waals surface area (Å²) >= 11 is 6.25. The van der Waals surface area contributed by atoms with Crippen LogP contribution in [0.15, 0.2) is 18.7 Å². The van der Waals surface area contributed by atoms with Gasteiger partial charge in [-0.3, -0.25) is 9.48 Å². The van der Waals surface area contributed by atoms with Crippen molar-refractivity contribution < 1.29 is 4.79 Å². The lowest BCUT2D eigenvalue weighted by atomic mass is 10.2. The zero-order chi connectivity index (χ0) is 14.3. The number of aryl methyl sites for hydroxylation is 2. The molecule has 4 nitrogen and oxygen atoms in total. The van der Waals surface area contributed by atoms with E-state index in [0.29, 0.717) is 11.7 Å². The maximum atomic E-state index is 11.5. The minimum Gasteiger partial charge on any atom is -0.349 e. The van der Waals surface area contributed by atoms with Crippen LogP contribution >= 0.6 is 11.6 Å². The summed E-state index contributed by atoms with van der Waals surface area (Å²) < 4.78 is 1.78. The summed E-state index contributed by atoms with van der Waals surface area (Å²) in [5, 5.41) is 7.62. The number of halogens is 1. The number of carbonyl (C=O) groups is 1. The van der Waals surface area contributed by atoms with Gasteiger partial charge in [0.1, 0.15) is 5.15 Å². The molecular formula is C14H20ClN3O. The molecule has 0 saturated carbocycles. The quantitative estimate of drug-likeness (QED) is 0.617. The Bertz CT molecular complexity index is 477. The molecule has 1 amide bonds. The molecule has 1 heterocycles. The molecule has 0 spiro atoms. The highest BCUT2D eigenvalue weighted by Gasteiger charge is 2.10. The largest absolute Gasteiger partial charge is 0.349 e. The molecule has 0 aromatic carbocycles. The molecule has 0 bridgehead atoms. The van der Waals surface area contributed by atoms with Gasteiger partial charge in [0, 0.05) is 24.7 Å². The molecule has 1 aromatic rings. The van der Waals surface area contributed by atoms with Crippen molar-refractivity contribution in [1.29, 1.82) is 0 Å². The van der Waals surface area contributed by atoms with Crippen LogP contribution in [0.4, 0.5) is 0 Å². The van der Waals surface area contributed by atoms with Crippen molar-refractivity contribution in [3.63, 3.8) is 0 Å². The average Bonchev–Trinajstić information content (AvgIpc) is 2.66. The van der Waals surface area contributed by atoms with Gasteiger partial charge in [0.25, 0.3) is 0 Å². The van der Waals surface area contributed by atoms with Gasteiger partial charge in [0.05, 0.1) is 5.69 Å². The Morgan fingerprint density at radius 3 is 2.95 bits per heavy atom. The zero-order valence-corrected chi connectivity index (χ0v) is 12.2. The molecule has 0 aliphatic carbocycles. The van der Waals surface area contributed by atoms with Gasteiger partial charge in [-0.1, -0.05) is 31.0 Å². The molecule has 0 aliphatic heterocycles. The minimum absolute atomic E-state index is 0.170. The third-order valence-corrected chi connectivity index (χ3v) is 3.05. The first-order valence-electron chi connectivity index (χ1n) is 6.39. The van der Waals surface area contributed by atoms with E-state index in [1.807, 2.05) is 6.92 Å². The molecule has 104 valence electrons. The van der Waals surface area contributed by atoms with Crippen molar-refractivity contribution in [3.8, 4) is 0 Å². The topological polar surface area (TPSA) is 46.9 Å².